The van der Waals surface area contributed by atoms with Crippen molar-refractivity contribution in [2.45, 2.75) is 102 Å². The van der Waals surface area contributed by atoms with Crippen LogP contribution in [0.4, 0.5) is 0 Å². The normalized spacial score (nSPS) is 18.5. The maximum atomic E-state index is 14.0. The number of hydrogen-bond acceptors (Lipinski definition) is 5. The topological polar surface area (TPSA) is 66.5 Å². The molecule has 0 amide bonds. The molecular formula is C25H38N4O. The zero-order valence-electron chi connectivity index (χ0n) is 18.8. The summed E-state index contributed by atoms with van der Waals surface area (Å²) in [7, 11) is 0. The molecule has 5 heteroatoms. The number of unbranched alkanes of at least 4 members (excludes halogenated alkanes) is 8. The van der Waals surface area contributed by atoms with E-state index in [1.54, 1.807) is 24.9 Å². The Kier molecular flexibility index (Phi) is 10.6. The number of allylic oxidation sites excluding steroid dienone is 4. The molecule has 0 fully saturated rings. The molecule has 0 aliphatic carbocycles. The summed E-state index contributed by atoms with van der Waals surface area (Å²) in [5, 5.41) is 0. The second-order valence-electron chi connectivity index (χ2n) is 8.17. The van der Waals surface area contributed by atoms with Crippen molar-refractivity contribution in [3.05, 3.63) is 24.3 Å². The van der Waals surface area contributed by atoms with Gasteiger partial charge in [0.15, 0.2) is 0 Å². The molecule has 0 N–H and O–H groups in total. The molecule has 0 saturated heterocycles. The molecule has 0 saturated carbocycles. The highest BCUT2D eigenvalue weighted by atomic mass is 16.1. The summed E-state index contributed by atoms with van der Waals surface area (Å²) in [6.45, 7) is 4.41. The molecule has 0 bridgehead atoms. The summed E-state index contributed by atoms with van der Waals surface area (Å²) < 4.78 is 0. The largest absolute Gasteiger partial charge is 0.290 e. The molecule has 0 aromatic heterocycles. The van der Waals surface area contributed by atoms with Crippen LogP contribution in [-0.2, 0) is 4.79 Å². The van der Waals surface area contributed by atoms with E-state index in [1.807, 2.05) is 24.3 Å². The second kappa shape index (κ2) is 13.2. The predicted octanol–water partition coefficient (Wildman–Crippen LogP) is 6.09. The van der Waals surface area contributed by atoms with Crippen molar-refractivity contribution in [1.29, 1.82) is 0 Å². The van der Waals surface area contributed by atoms with E-state index in [2.05, 4.69) is 33.8 Å². The molecule has 0 aromatic carbocycles. The second-order valence-corrected chi connectivity index (χ2v) is 8.17. The maximum absolute atomic E-state index is 14.0. The van der Waals surface area contributed by atoms with Crippen molar-refractivity contribution in [3.63, 3.8) is 0 Å². The van der Waals surface area contributed by atoms with Crippen LogP contribution >= 0.6 is 0 Å². The lowest BCUT2D eigenvalue weighted by molar-refractivity contribution is -0.129. The molecule has 2 rings (SSSR count). The van der Waals surface area contributed by atoms with E-state index >= 15 is 0 Å². The van der Waals surface area contributed by atoms with Gasteiger partial charge in [-0.3, -0.25) is 24.8 Å². The van der Waals surface area contributed by atoms with Gasteiger partial charge in [0.1, 0.15) is 0 Å². The van der Waals surface area contributed by atoms with Crippen LogP contribution < -0.4 is 0 Å². The van der Waals surface area contributed by atoms with Gasteiger partial charge in [-0.2, -0.15) is 0 Å². The van der Waals surface area contributed by atoms with Gasteiger partial charge < -0.3 is 0 Å². The molecule has 30 heavy (non-hydrogen) atoms. The average Bonchev–Trinajstić information content (AvgIpc) is 3.15. The van der Waals surface area contributed by atoms with E-state index in [4.69, 9.17) is 0 Å². The Hall–Kier alpha value is -2.17. The number of hydrogen-bond donors (Lipinski definition) is 0. The van der Waals surface area contributed by atoms with E-state index in [0.717, 1.165) is 25.7 Å². The molecule has 164 valence electrons. The van der Waals surface area contributed by atoms with Crippen molar-refractivity contribution >= 4 is 30.6 Å². The van der Waals surface area contributed by atoms with Crippen LogP contribution in [0.15, 0.2) is 44.3 Å². The lowest BCUT2D eigenvalue weighted by atomic mass is 9.86. The molecule has 2 heterocycles. The number of ketones is 1. The maximum Gasteiger partial charge on any atom is 0.231 e. The minimum atomic E-state index is -1.14. The third kappa shape index (κ3) is 6.96. The van der Waals surface area contributed by atoms with Gasteiger partial charge >= 0.3 is 0 Å². The summed E-state index contributed by atoms with van der Waals surface area (Å²) in [5.41, 5.74) is -2.28. The van der Waals surface area contributed by atoms with Crippen molar-refractivity contribution in [2.24, 2.45) is 20.0 Å². The molecule has 2 aliphatic rings. The summed E-state index contributed by atoms with van der Waals surface area (Å²) >= 11 is 0. The Morgan fingerprint density at radius 3 is 1.23 bits per heavy atom. The Labute approximate surface area is 182 Å². The summed E-state index contributed by atoms with van der Waals surface area (Å²) in [5.74, 6) is -0.103. The molecular weight excluding hydrogens is 372 g/mol. The summed E-state index contributed by atoms with van der Waals surface area (Å²) in [6, 6.07) is 0. The SMILES string of the molecule is CCCCCCCC1(C(=O)C2(CCCCCCC)N=CC=CC=N2)N=CC=CC=N1. The highest BCUT2D eigenvalue weighted by Crippen LogP contribution is 2.35. The fourth-order valence-electron chi connectivity index (χ4n) is 3.92. The Balaban J connectivity index is 2.23. The van der Waals surface area contributed by atoms with Crippen LogP contribution in [-0.4, -0.2) is 42.0 Å². The van der Waals surface area contributed by atoms with Crippen LogP contribution in [0.1, 0.15) is 90.9 Å². The third-order valence-electron chi connectivity index (χ3n) is 5.70. The quantitative estimate of drug-likeness (QED) is 0.319. The van der Waals surface area contributed by atoms with Crippen LogP contribution in [0.3, 0.4) is 0 Å². The molecule has 0 spiro atoms. The highest BCUT2D eigenvalue weighted by molar-refractivity contribution is 6.02. The Morgan fingerprint density at radius 2 is 0.900 bits per heavy atom. The number of aliphatic imine (C=N–C) groups is 4. The van der Waals surface area contributed by atoms with Crippen LogP contribution in [0.2, 0.25) is 0 Å². The highest BCUT2D eigenvalue weighted by Gasteiger charge is 2.49. The van der Waals surface area contributed by atoms with Gasteiger partial charge in [0.2, 0.25) is 17.1 Å². The van der Waals surface area contributed by atoms with Gasteiger partial charge in [-0.1, -0.05) is 65.2 Å². The number of carbonyl (C=O) groups excluding carboxylic acids is 1. The number of Topliss-reactive ketones (excluding diaryl/α,β-unsaturated/α-hetero) is 1. The number of rotatable bonds is 14. The fraction of sp³-hybridized carbons (Fsp3) is 0.640. The first-order valence-corrected chi connectivity index (χ1v) is 11.8. The van der Waals surface area contributed by atoms with Crippen LogP contribution in [0.25, 0.3) is 0 Å². The molecule has 0 aromatic rings. The number of nitrogens with zero attached hydrogens (tertiary/aromatic N) is 4. The van der Waals surface area contributed by atoms with Gasteiger partial charge in [-0.15, -0.1) is 0 Å². The van der Waals surface area contributed by atoms with Gasteiger partial charge in [-0.05, 0) is 37.1 Å². The van der Waals surface area contributed by atoms with Gasteiger partial charge in [0, 0.05) is 37.7 Å². The first-order valence-electron chi connectivity index (χ1n) is 11.8. The molecule has 0 radical (unpaired) electrons. The van der Waals surface area contributed by atoms with E-state index in [-0.39, 0.29) is 5.78 Å². The standard InChI is InChI=1S/C25H38N4O/c1-3-5-7-9-11-17-24(26-19-13-14-20-27-24)23(30)25(18-12-10-8-6-4-2)28-21-15-16-22-29-25/h13-16,19-22H,3-12,17-18H2,1-2H3. The molecule has 0 unspecified atom stereocenters. The van der Waals surface area contributed by atoms with Crippen molar-refractivity contribution < 1.29 is 4.79 Å². The summed E-state index contributed by atoms with van der Waals surface area (Å²) in [6.07, 6.45) is 26.5. The minimum absolute atomic E-state index is 0.103. The van der Waals surface area contributed by atoms with E-state index in [9.17, 15) is 4.79 Å². The van der Waals surface area contributed by atoms with E-state index in [0.29, 0.717) is 12.8 Å². The van der Waals surface area contributed by atoms with Crippen LogP contribution in [0, 0.1) is 0 Å². The Morgan fingerprint density at radius 1 is 0.567 bits per heavy atom. The van der Waals surface area contributed by atoms with Gasteiger partial charge in [-0.25, -0.2) is 0 Å². The van der Waals surface area contributed by atoms with E-state index in [1.165, 1.54) is 38.5 Å². The first-order chi connectivity index (χ1) is 14.7. The predicted molar refractivity (Wildman–Crippen MR) is 129 cm³/mol. The van der Waals surface area contributed by atoms with Gasteiger partial charge in [0.05, 0.1) is 0 Å². The minimum Gasteiger partial charge on any atom is -0.290 e. The van der Waals surface area contributed by atoms with Gasteiger partial charge in [0.25, 0.3) is 0 Å². The zero-order chi connectivity index (χ0) is 21.5. The van der Waals surface area contributed by atoms with Crippen molar-refractivity contribution in [1.82, 2.24) is 0 Å². The lowest BCUT2D eigenvalue weighted by Crippen LogP contribution is -2.49. The molecule has 0 atom stereocenters. The Bertz CT molecular complexity index is 610. The van der Waals surface area contributed by atoms with Crippen molar-refractivity contribution in [3.8, 4) is 0 Å². The third-order valence-corrected chi connectivity index (χ3v) is 5.70. The first kappa shape index (κ1) is 24.1. The zero-order valence-corrected chi connectivity index (χ0v) is 18.8. The molecule has 5 nitrogen and oxygen atoms in total. The lowest BCUT2D eigenvalue weighted by Gasteiger charge is -2.33. The average molecular weight is 411 g/mol. The number of carbonyl (C=O) groups is 1. The molecule has 2 aliphatic heterocycles. The van der Waals surface area contributed by atoms with Crippen molar-refractivity contribution in [2.75, 3.05) is 0 Å². The summed E-state index contributed by atoms with van der Waals surface area (Å²) in [4.78, 5) is 32.6. The van der Waals surface area contributed by atoms with Crippen LogP contribution in [0.5, 0.6) is 0 Å². The fourth-order valence-corrected chi connectivity index (χ4v) is 3.92. The smallest absolute Gasteiger partial charge is 0.231 e. The monoisotopic (exact) mass is 410 g/mol. The van der Waals surface area contributed by atoms with E-state index < -0.39 is 11.3 Å².